The molecular formula is C15H21Cl2NO. The van der Waals surface area contributed by atoms with E-state index in [2.05, 4.69) is 25.7 Å². The quantitative estimate of drug-likeness (QED) is 0.744. The van der Waals surface area contributed by atoms with E-state index in [-0.39, 0.29) is 11.8 Å². The molecule has 0 N–H and O–H groups in total. The van der Waals surface area contributed by atoms with Crippen LogP contribution in [0.3, 0.4) is 0 Å². The molecule has 2 nitrogen and oxygen atoms in total. The molecule has 106 valence electrons. The number of carbonyl (C=O) groups is 1. The number of ketones is 1. The van der Waals surface area contributed by atoms with Crippen LogP contribution in [0.1, 0.15) is 38.1 Å². The summed E-state index contributed by atoms with van der Waals surface area (Å²) in [5.41, 5.74) is 0.529. The molecule has 1 aromatic carbocycles. The fourth-order valence-corrected chi connectivity index (χ4v) is 2.42. The average Bonchev–Trinajstić information content (AvgIpc) is 2.35. The van der Waals surface area contributed by atoms with Gasteiger partial charge in [-0.3, -0.25) is 9.69 Å². The zero-order chi connectivity index (χ0) is 14.7. The van der Waals surface area contributed by atoms with Crippen LogP contribution in [0.2, 0.25) is 10.0 Å². The summed E-state index contributed by atoms with van der Waals surface area (Å²) < 4.78 is 0. The fourth-order valence-electron chi connectivity index (χ4n) is 1.92. The van der Waals surface area contributed by atoms with Gasteiger partial charge in [-0.15, -0.1) is 0 Å². The van der Waals surface area contributed by atoms with Crippen molar-refractivity contribution < 1.29 is 4.79 Å². The summed E-state index contributed by atoms with van der Waals surface area (Å²) in [6.07, 6.45) is 0. The summed E-state index contributed by atoms with van der Waals surface area (Å²) in [6, 6.07) is 5.10. The molecule has 0 saturated carbocycles. The van der Waals surface area contributed by atoms with E-state index in [0.29, 0.717) is 27.6 Å². The number of hydrogen-bond acceptors (Lipinski definition) is 2. The van der Waals surface area contributed by atoms with E-state index < -0.39 is 0 Å². The van der Waals surface area contributed by atoms with Crippen LogP contribution in [0, 0.1) is 5.92 Å². The van der Waals surface area contributed by atoms with Crippen LogP contribution in [0.25, 0.3) is 0 Å². The minimum Gasteiger partial charge on any atom is -0.294 e. The van der Waals surface area contributed by atoms with Crippen molar-refractivity contribution in [3.63, 3.8) is 0 Å². The van der Waals surface area contributed by atoms with Crippen molar-refractivity contribution in [1.29, 1.82) is 0 Å². The Kier molecular flexibility index (Phi) is 5.84. The van der Waals surface area contributed by atoms with Crippen molar-refractivity contribution in [3.8, 4) is 0 Å². The number of benzene rings is 1. The lowest BCUT2D eigenvalue weighted by atomic mass is 9.99. The minimum atomic E-state index is -0.212. The fraction of sp³-hybridized carbons (Fsp3) is 0.533. The normalized spacial score (nSPS) is 14.8. The van der Waals surface area contributed by atoms with E-state index in [1.165, 1.54) is 0 Å². The van der Waals surface area contributed by atoms with Crippen LogP contribution in [0.5, 0.6) is 0 Å². The molecule has 0 radical (unpaired) electrons. The van der Waals surface area contributed by atoms with Crippen LogP contribution < -0.4 is 0 Å². The Labute approximate surface area is 125 Å². The number of Topliss-reactive ketones (excluding diaryl/α,β-unsaturated/α-hetero) is 1. The number of nitrogens with zero attached hydrogens (tertiary/aromatic N) is 1. The van der Waals surface area contributed by atoms with E-state index in [0.717, 1.165) is 0 Å². The Hall–Kier alpha value is -0.570. The molecule has 0 aliphatic heterocycles. The van der Waals surface area contributed by atoms with Gasteiger partial charge in [0.1, 0.15) is 0 Å². The van der Waals surface area contributed by atoms with Gasteiger partial charge in [-0.25, -0.2) is 0 Å². The largest absolute Gasteiger partial charge is 0.294 e. The lowest BCUT2D eigenvalue weighted by Gasteiger charge is -2.32. The summed E-state index contributed by atoms with van der Waals surface area (Å²) in [4.78, 5) is 14.6. The molecule has 1 aromatic rings. The van der Waals surface area contributed by atoms with Gasteiger partial charge in [0.05, 0.1) is 11.1 Å². The second-order valence-electron chi connectivity index (χ2n) is 5.31. The zero-order valence-electron chi connectivity index (χ0n) is 12.1. The summed E-state index contributed by atoms with van der Waals surface area (Å²) in [7, 11) is 1.97. The second-order valence-corrected chi connectivity index (χ2v) is 6.16. The Balaban J connectivity index is 2.93. The third-order valence-corrected chi connectivity index (χ3v) is 4.34. The average molecular weight is 302 g/mol. The van der Waals surface area contributed by atoms with E-state index in [1.54, 1.807) is 18.2 Å². The highest BCUT2D eigenvalue weighted by atomic mass is 35.5. The number of halogens is 2. The van der Waals surface area contributed by atoms with Crippen molar-refractivity contribution in [2.75, 3.05) is 7.05 Å². The van der Waals surface area contributed by atoms with Gasteiger partial charge in [-0.2, -0.15) is 0 Å². The van der Waals surface area contributed by atoms with E-state index >= 15 is 0 Å². The maximum absolute atomic E-state index is 12.5. The molecule has 19 heavy (non-hydrogen) atoms. The molecule has 0 fully saturated rings. The first-order valence-corrected chi connectivity index (χ1v) is 7.22. The zero-order valence-corrected chi connectivity index (χ0v) is 13.6. The Bertz CT molecular complexity index is 459. The van der Waals surface area contributed by atoms with Crippen LogP contribution in [0.4, 0.5) is 0 Å². The lowest BCUT2D eigenvalue weighted by molar-refractivity contribution is 0.0791. The van der Waals surface area contributed by atoms with Crippen molar-refractivity contribution in [3.05, 3.63) is 33.8 Å². The van der Waals surface area contributed by atoms with Gasteiger partial charge in [0.25, 0.3) is 0 Å². The first-order chi connectivity index (χ1) is 8.75. The molecule has 0 heterocycles. The molecule has 0 aliphatic rings. The van der Waals surface area contributed by atoms with E-state index in [9.17, 15) is 4.79 Å². The highest BCUT2D eigenvalue weighted by molar-refractivity contribution is 6.37. The van der Waals surface area contributed by atoms with Crippen LogP contribution in [0.15, 0.2) is 18.2 Å². The first kappa shape index (κ1) is 16.5. The Morgan fingerprint density at radius 1 is 1.16 bits per heavy atom. The number of hydrogen-bond donors (Lipinski definition) is 0. The van der Waals surface area contributed by atoms with Crippen molar-refractivity contribution >= 4 is 29.0 Å². The number of rotatable bonds is 5. The molecule has 0 spiro atoms. The molecule has 0 amide bonds. The third kappa shape index (κ3) is 3.95. The molecule has 2 atom stereocenters. The first-order valence-electron chi connectivity index (χ1n) is 6.47. The SMILES string of the molecule is CC(C)C(C)N(C)C(C)C(=O)c1ccc(Cl)cc1Cl. The summed E-state index contributed by atoms with van der Waals surface area (Å²) in [6.45, 7) is 8.32. The monoisotopic (exact) mass is 301 g/mol. The van der Waals surface area contributed by atoms with Gasteiger partial charge in [0.15, 0.2) is 5.78 Å². The lowest BCUT2D eigenvalue weighted by Crippen LogP contribution is -2.44. The third-order valence-electron chi connectivity index (χ3n) is 3.79. The highest BCUT2D eigenvalue weighted by Crippen LogP contribution is 2.24. The molecule has 0 saturated heterocycles. The molecule has 1 rings (SSSR count). The predicted molar refractivity (Wildman–Crippen MR) is 82.3 cm³/mol. The van der Waals surface area contributed by atoms with Crippen molar-refractivity contribution in [1.82, 2.24) is 4.90 Å². The van der Waals surface area contributed by atoms with Gasteiger partial charge < -0.3 is 0 Å². The number of likely N-dealkylation sites (N-methyl/N-ethyl adjacent to an activating group) is 1. The van der Waals surface area contributed by atoms with Crippen molar-refractivity contribution in [2.45, 2.75) is 39.8 Å². The number of carbonyl (C=O) groups excluding carboxylic acids is 1. The molecule has 0 bridgehead atoms. The Morgan fingerprint density at radius 3 is 2.21 bits per heavy atom. The van der Waals surface area contributed by atoms with Crippen LogP contribution >= 0.6 is 23.2 Å². The van der Waals surface area contributed by atoms with Crippen LogP contribution in [-0.4, -0.2) is 29.8 Å². The molecular weight excluding hydrogens is 281 g/mol. The maximum Gasteiger partial charge on any atom is 0.181 e. The maximum atomic E-state index is 12.5. The summed E-state index contributed by atoms with van der Waals surface area (Å²) in [5, 5.41) is 0.952. The predicted octanol–water partition coefficient (Wildman–Crippen LogP) is 4.54. The van der Waals surface area contributed by atoms with E-state index in [1.807, 2.05) is 14.0 Å². The topological polar surface area (TPSA) is 20.3 Å². The Morgan fingerprint density at radius 2 is 1.74 bits per heavy atom. The van der Waals surface area contributed by atoms with Crippen molar-refractivity contribution in [2.24, 2.45) is 5.92 Å². The second kappa shape index (κ2) is 6.74. The smallest absolute Gasteiger partial charge is 0.181 e. The van der Waals surface area contributed by atoms with Gasteiger partial charge >= 0.3 is 0 Å². The minimum absolute atomic E-state index is 0.0247. The molecule has 0 aromatic heterocycles. The van der Waals surface area contributed by atoms with Crippen LogP contribution in [-0.2, 0) is 0 Å². The standard InChI is InChI=1S/C15H21Cl2NO/c1-9(2)10(3)18(5)11(4)15(19)13-7-6-12(16)8-14(13)17/h6-11H,1-5H3. The highest BCUT2D eigenvalue weighted by Gasteiger charge is 2.26. The van der Waals surface area contributed by atoms with Gasteiger partial charge in [0, 0.05) is 16.6 Å². The van der Waals surface area contributed by atoms with Gasteiger partial charge in [0.2, 0.25) is 0 Å². The van der Waals surface area contributed by atoms with E-state index in [4.69, 9.17) is 23.2 Å². The molecule has 4 heteroatoms. The summed E-state index contributed by atoms with van der Waals surface area (Å²) >= 11 is 11.9. The summed E-state index contributed by atoms with van der Waals surface area (Å²) in [5.74, 6) is 0.512. The molecule has 0 aliphatic carbocycles. The van der Waals surface area contributed by atoms with Gasteiger partial charge in [-0.1, -0.05) is 37.0 Å². The molecule has 2 unspecified atom stereocenters. The van der Waals surface area contributed by atoms with Gasteiger partial charge in [-0.05, 0) is 45.0 Å².